The number of aliphatic hydroxyl groups is 1. The zero-order chi connectivity index (χ0) is 10.9. The zero-order valence-electron chi connectivity index (χ0n) is 8.82. The molecule has 1 unspecified atom stereocenters. The third-order valence-electron chi connectivity index (χ3n) is 3.58. The number of nitrogens with two attached hydrogens (primary N) is 2. The van der Waals surface area contributed by atoms with E-state index < -0.39 is 6.10 Å². The second-order valence-corrected chi connectivity index (χ2v) is 4.77. The molecule has 0 aromatic rings. The fourth-order valence-electron chi connectivity index (χ4n) is 2.58. The van der Waals surface area contributed by atoms with Gasteiger partial charge in [0.15, 0.2) is 0 Å². The van der Waals surface area contributed by atoms with E-state index in [9.17, 15) is 5.11 Å². The second kappa shape index (κ2) is 3.87. The van der Waals surface area contributed by atoms with Crippen molar-refractivity contribution < 1.29 is 5.11 Å². The summed E-state index contributed by atoms with van der Waals surface area (Å²) in [7, 11) is 0. The summed E-state index contributed by atoms with van der Waals surface area (Å²) in [6.07, 6.45) is 6.40. The van der Waals surface area contributed by atoms with E-state index in [-0.39, 0.29) is 0 Å². The van der Waals surface area contributed by atoms with E-state index in [4.69, 9.17) is 11.5 Å². The summed E-state index contributed by atoms with van der Waals surface area (Å²) in [4.78, 5) is 0. The summed E-state index contributed by atoms with van der Waals surface area (Å²) >= 11 is 0. The highest BCUT2D eigenvalue weighted by Crippen LogP contribution is 2.50. The molecule has 4 heteroatoms. The molecule has 1 saturated carbocycles. The first-order valence-electron chi connectivity index (χ1n) is 5.40. The number of allylic oxidation sites excluding steroid dienone is 2. The number of aliphatic hydroxyl groups excluding tert-OH is 1. The van der Waals surface area contributed by atoms with Crippen molar-refractivity contribution in [1.29, 1.82) is 0 Å². The van der Waals surface area contributed by atoms with E-state index in [0.717, 1.165) is 25.9 Å². The topological polar surface area (TPSA) is 84.3 Å². The summed E-state index contributed by atoms with van der Waals surface area (Å²) in [5.41, 5.74) is 12.0. The molecule has 1 aliphatic heterocycles. The smallest absolute Gasteiger partial charge is 0.0960 e. The Balaban J connectivity index is 1.85. The molecule has 15 heavy (non-hydrogen) atoms. The van der Waals surface area contributed by atoms with Crippen molar-refractivity contribution in [2.24, 2.45) is 22.8 Å². The highest BCUT2D eigenvalue weighted by atomic mass is 16.3. The van der Waals surface area contributed by atoms with E-state index >= 15 is 0 Å². The van der Waals surface area contributed by atoms with Gasteiger partial charge in [0.1, 0.15) is 0 Å². The van der Waals surface area contributed by atoms with Crippen LogP contribution in [-0.2, 0) is 0 Å². The van der Waals surface area contributed by atoms with Crippen LogP contribution in [0.2, 0.25) is 0 Å². The fraction of sp³-hybridized carbons (Fsp3) is 0.636. The standard InChI is InChI=1S/C11H19N3O/c12-3-1-2-9(13)10(15)8-4-11(5-8)6-14-7-11/h1-3,8,10,14-15H,4-7,12-13H2/b3-1-,9-2-. The third kappa shape index (κ3) is 1.87. The lowest BCUT2D eigenvalue weighted by Crippen LogP contribution is -2.62. The lowest BCUT2D eigenvalue weighted by molar-refractivity contribution is -0.0509. The van der Waals surface area contributed by atoms with E-state index in [1.165, 1.54) is 6.20 Å². The maximum atomic E-state index is 9.93. The van der Waals surface area contributed by atoms with Gasteiger partial charge in [-0.1, -0.05) is 0 Å². The lowest BCUT2D eigenvalue weighted by Gasteiger charge is -2.55. The van der Waals surface area contributed by atoms with Crippen molar-refractivity contribution >= 4 is 0 Å². The Bertz CT molecular complexity index is 286. The predicted molar refractivity (Wildman–Crippen MR) is 59.6 cm³/mol. The van der Waals surface area contributed by atoms with Crippen molar-refractivity contribution in [2.75, 3.05) is 13.1 Å². The molecule has 2 rings (SSSR count). The molecule has 0 aromatic heterocycles. The van der Waals surface area contributed by atoms with Gasteiger partial charge in [0.05, 0.1) is 6.10 Å². The molecule has 1 heterocycles. The van der Waals surface area contributed by atoms with Crippen LogP contribution < -0.4 is 16.8 Å². The van der Waals surface area contributed by atoms with Crippen molar-refractivity contribution in [2.45, 2.75) is 18.9 Å². The second-order valence-electron chi connectivity index (χ2n) is 4.77. The van der Waals surface area contributed by atoms with Crippen molar-refractivity contribution in [3.05, 3.63) is 24.0 Å². The molecular weight excluding hydrogens is 190 g/mol. The van der Waals surface area contributed by atoms with Crippen LogP contribution >= 0.6 is 0 Å². The van der Waals surface area contributed by atoms with Gasteiger partial charge in [0, 0.05) is 18.8 Å². The van der Waals surface area contributed by atoms with Gasteiger partial charge in [-0.2, -0.15) is 0 Å². The minimum Gasteiger partial charge on any atom is -0.405 e. The molecule has 1 spiro atoms. The molecule has 0 amide bonds. The minimum atomic E-state index is -0.507. The van der Waals surface area contributed by atoms with Gasteiger partial charge in [-0.3, -0.25) is 0 Å². The van der Waals surface area contributed by atoms with Crippen molar-refractivity contribution in [3.8, 4) is 0 Å². The number of hydrogen-bond donors (Lipinski definition) is 4. The lowest BCUT2D eigenvalue weighted by atomic mass is 9.57. The molecule has 0 radical (unpaired) electrons. The van der Waals surface area contributed by atoms with E-state index in [1.807, 2.05) is 0 Å². The fourth-order valence-corrected chi connectivity index (χ4v) is 2.58. The summed E-state index contributed by atoms with van der Waals surface area (Å²) in [5, 5.41) is 13.2. The summed E-state index contributed by atoms with van der Waals surface area (Å²) < 4.78 is 0. The normalized spacial score (nSPS) is 27.7. The Kier molecular flexibility index (Phi) is 2.71. The molecule has 2 aliphatic rings. The number of hydrogen-bond acceptors (Lipinski definition) is 4. The van der Waals surface area contributed by atoms with Crippen molar-refractivity contribution in [3.63, 3.8) is 0 Å². The van der Waals surface area contributed by atoms with Crippen LogP contribution in [0.15, 0.2) is 24.0 Å². The Morgan fingerprint density at radius 2 is 2.13 bits per heavy atom. The maximum absolute atomic E-state index is 9.93. The molecule has 1 aliphatic carbocycles. The van der Waals surface area contributed by atoms with Gasteiger partial charge in [0.2, 0.25) is 0 Å². The molecule has 1 atom stereocenters. The van der Waals surface area contributed by atoms with Crippen LogP contribution in [0.5, 0.6) is 0 Å². The molecule has 2 fully saturated rings. The van der Waals surface area contributed by atoms with Gasteiger partial charge in [0.25, 0.3) is 0 Å². The minimum absolute atomic E-state index is 0.328. The van der Waals surface area contributed by atoms with E-state index in [1.54, 1.807) is 12.2 Å². The van der Waals surface area contributed by atoms with Crippen LogP contribution in [0.25, 0.3) is 0 Å². The molecule has 0 aromatic carbocycles. The van der Waals surface area contributed by atoms with Crippen LogP contribution in [0.4, 0.5) is 0 Å². The molecule has 4 nitrogen and oxygen atoms in total. The Labute approximate surface area is 90.0 Å². The van der Waals surface area contributed by atoms with Crippen molar-refractivity contribution in [1.82, 2.24) is 5.32 Å². The molecule has 1 saturated heterocycles. The highest BCUT2D eigenvalue weighted by Gasteiger charge is 2.50. The first kappa shape index (κ1) is 10.5. The molecule has 84 valence electrons. The summed E-state index contributed by atoms with van der Waals surface area (Å²) in [5.74, 6) is 0.328. The average Bonchev–Trinajstić information content (AvgIpc) is 2.09. The van der Waals surface area contributed by atoms with E-state index in [2.05, 4.69) is 5.32 Å². The quantitative estimate of drug-likeness (QED) is 0.479. The zero-order valence-corrected chi connectivity index (χ0v) is 8.82. The molecule has 0 bridgehead atoms. The monoisotopic (exact) mass is 209 g/mol. The van der Waals surface area contributed by atoms with Gasteiger partial charge in [-0.15, -0.1) is 0 Å². The Morgan fingerprint density at radius 1 is 1.47 bits per heavy atom. The average molecular weight is 209 g/mol. The first-order chi connectivity index (χ1) is 7.17. The van der Waals surface area contributed by atoms with E-state index in [0.29, 0.717) is 17.0 Å². The predicted octanol–water partition coefficient (Wildman–Crippen LogP) is -0.338. The maximum Gasteiger partial charge on any atom is 0.0960 e. The SMILES string of the molecule is N/C=C\C=C(/N)C(O)C1CC2(CNC2)C1. The molecule has 6 N–H and O–H groups in total. The largest absolute Gasteiger partial charge is 0.405 e. The number of rotatable bonds is 3. The first-order valence-corrected chi connectivity index (χ1v) is 5.40. The van der Waals surface area contributed by atoms with Crippen LogP contribution in [0.3, 0.4) is 0 Å². The van der Waals surface area contributed by atoms with Crippen LogP contribution in [0, 0.1) is 11.3 Å². The summed E-state index contributed by atoms with van der Waals surface area (Å²) in [6.45, 7) is 2.20. The molecular formula is C11H19N3O. The number of nitrogens with one attached hydrogen (secondary N) is 1. The van der Waals surface area contributed by atoms with Gasteiger partial charge < -0.3 is 21.9 Å². The van der Waals surface area contributed by atoms with Gasteiger partial charge >= 0.3 is 0 Å². The van der Waals surface area contributed by atoms with Gasteiger partial charge in [-0.25, -0.2) is 0 Å². The Hall–Kier alpha value is -1.00. The third-order valence-corrected chi connectivity index (χ3v) is 3.58. The Morgan fingerprint density at radius 3 is 2.60 bits per heavy atom. The van der Waals surface area contributed by atoms with Crippen LogP contribution in [-0.4, -0.2) is 24.3 Å². The van der Waals surface area contributed by atoms with Gasteiger partial charge in [-0.05, 0) is 42.5 Å². The highest BCUT2D eigenvalue weighted by molar-refractivity contribution is 5.17. The summed E-state index contributed by atoms with van der Waals surface area (Å²) in [6, 6.07) is 0. The van der Waals surface area contributed by atoms with Crippen LogP contribution in [0.1, 0.15) is 12.8 Å².